The number of benzene rings is 1. The van der Waals surface area contributed by atoms with E-state index in [0.29, 0.717) is 0 Å². The Bertz CT molecular complexity index is 536. The summed E-state index contributed by atoms with van der Waals surface area (Å²) in [6, 6.07) is 10.3. The van der Waals surface area contributed by atoms with Crippen LogP contribution in [0.25, 0.3) is 0 Å². The van der Waals surface area contributed by atoms with Crippen LogP contribution in [-0.4, -0.2) is 7.05 Å². The van der Waals surface area contributed by atoms with Crippen LogP contribution in [0.4, 0.5) is 0 Å². The van der Waals surface area contributed by atoms with Crippen molar-refractivity contribution in [3.63, 3.8) is 0 Å². The first-order valence-electron chi connectivity index (χ1n) is 5.86. The van der Waals surface area contributed by atoms with E-state index in [0.717, 1.165) is 32.5 Å². The van der Waals surface area contributed by atoms with Crippen molar-refractivity contribution in [2.45, 2.75) is 19.4 Å². The molecule has 0 aliphatic rings. The van der Waals surface area contributed by atoms with E-state index in [1.54, 1.807) is 0 Å². The van der Waals surface area contributed by atoms with Crippen molar-refractivity contribution >= 4 is 31.9 Å². The number of aryl methyl sites for hydroxylation is 1. The fourth-order valence-electron chi connectivity index (χ4n) is 1.93. The van der Waals surface area contributed by atoms with Crippen LogP contribution < -0.4 is 5.32 Å². The van der Waals surface area contributed by atoms with Crippen LogP contribution in [0.2, 0.25) is 0 Å². The molecule has 1 unspecified atom stereocenters. The van der Waals surface area contributed by atoms with Crippen molar-refractivity contribution < 1.29 is 4.42 Å². The Hall–Kier alpha value is -0.580. The van der Waals surface area contributed by atoms with E-state index in [4.69, 9.17) is 4.42 Å². The third-order valence-corrected chi connectivity index (χ3v) is 4.06. The van der Waals surface area contributed by atoms with Gasteiger partial charge in [0.2, 0.25) is 0 Å². The molecule has 18 heavy (non-hydrogen) atoms. The Kier molecular flexibility index (Phi) is 4.65. The lowest BCUT2D eigenvalue weighted by atomic mass is 10.1. The lowest BCUT2D eigenvalue weighted by Gasteiger charge is -2.16. The zero-order valence-corrected chi connectivity index (χ0v) is 13.5. The van der Waals surface area contributed by atoms with Gasteiger partial charge < -0.3 is 9.73 Å². The molecule has 0 aliphatic heterocycles. The van der Waals surface area contributed by atoms with E-state index in [-0.39, 0.29) is 6.04 Å². The Morgan fingerprint density at radius 2 is 2.00 bits per heavy atom. The molecular formula is C14H15Br2NO. The normalized spacial score (nSPS) is 12.7. The standard InChI is InChI=1S/C14H15Br2NO/c1-3-10-5-7-13(18-10)14(17-2)11-6-4-9(15)8-12(11)16/h4-8,14,17H,3H2,1-2H3. The number of rotatable bonds is 4. The Labute approximate surface area is 124 Å². The van der Waals surface area contributed by atoms with Crippen LogP contribution in [0.3, 0.4) is 0 Å². The van der Waals surface area contributed by atoms with E-state index < -0.39 is 0 Å². The highest BCUT2D eigenvalue weighted by molar-refractivity contribution is 9.11. The molecular weight excluding hydrogens is 358 g/mol. The molecule has 0 fully saturated rings. The van der Waals surface area contributed by atoms with E-state index >= 15 is 0 Å². The van der Waals surface area contributed by atoms with Gasteiger partial charge in [0, 0.05) is 15.4 Å². The fourth-order valence-corrected chi connectivity index (χ4v) is 3.20. The van der Waals surface area contributed by atoms with Crippen molar-refractivity contribution in [2.75, 3.05) is 7.05 Å². The summed E-state index contributed by atoms with van der Waals surface area (Å²) in [4.78, 5) is 0. The summed E-state index contributed by atoms with van der Waals surface area (Å²) >= 11 is 7.06. The van der Waals surface area contributed by atoms with Gasteiger partial charge in [-0.25, -0.2) is 0 Å². The van der Waals surface area contributed by atoms with Crippen molar-refractivity contribution in [1.82, 2.24) is 5.32 Å². The zero-order valence-electron chi connectivity index (χ0n) is 10.3. The molecule has 1 atom stereocenters. The van der Waals surface area contributed by atoms with Gasteiger partial charge in [-0.15, -0.1) is 0 Å². The first-order valence-corrected chi connectivity index (χ1v) is 7.45. The lowest BCUT2D eigenvalue weighted by molar-refractivity contribution is 0.433. The maximum Gasteiger partial charge on any atom is 0.125 e. The molecule has 1 aromatic carbocycles. The second-order valence-corrected chi connectivity index (χ2v) is 5.82. The number of hydrogen-bond acceptors (Lipinski definition) is 2. The van der Waals surface area contributed by atoms with Gasteiger partial charge >= 0.3 is 0 Å². The number of halogens is 2. The van der Waals surface area contributed by atoms with Gasteiger partial charge in [0.1, 0.15) is 11.5 Å². The summed E-state index contributed by atoms with van der Waals surface area (Å²) in [5, 5.41) is 3.29. The molecule has 1 aromatic heterocycles. The molecule has 2 nitrogen and oxygen atoms in total. The van der Waals surface area contributed by atoms with Crippen LogP contribution >= 0.6 is 31.9 Å². The second kappa shape index (κ2) is 6.04. The quantitative estimate of drug-likeness (QED) is 0.843. The molecule has 0 amide bonds. The third kappa shape index (κ3) is 2.87. The predicted octanol–water partition coefficient (Wildman–Crippen LogP) is 4.68. The average molecular weight is 373 g/mol. The molecule has 96 valence electrons. The van der Waals surface area contributed by atoms with Crippen LogP contribution in [0.5, 0.6) is 0 Å². The molecule has 0 bridgehead atoms. The SMILES string of the molecule is CCc1ccc(C(NC)c2ccc(Br)cc2Br)o1. The summed E-state index contributed by atoms with van der Waals surface area (Å²) in [5.41, 5.74) is 1.16. The van der Waals surface area contributed by atoms with Gasteiger partial charge in [0.25, 0.3) is 0 Å². The molecule has 1 N–H and O–H groups in total. The highest BCUT2D eigenvalue weighted by atomic mass is 79.9. The molecule has 4 heteroatoms. The average Bonchev–Trinajstić information content (AvgIpc) is 2.81. The van der Waals surface area contributed by atoms with Crippen molar-refractivity contribution in [3.8, 4) is 0 Å². The number of nitrogens with one attached hydrogen (secondary N) is 1. The maximum absolute atomic E-state index is 5.83. The summed E-state index contributed by atoms with van der Waals surface area (Å²) in [6.45, 7) is 2.09. The van der Waals surface area contributed by atoms with Gasteiger partial charge in [-0.2, -0.15) is 0 Å². The summed E-state index contributed by atoms with van der Waals surface area (Å²) in [6.07, 6.45) is 0.915. The monoisotopic (exact) mass is 371 g/mol. The minimum absolute atomic E-state index is 0.0628. The molecule has 0 spiro atoms. The van der Waals surface area contributed by atoms with Gasteiger partial charge in [0.15, 0.2) is 0 Å². The largest absolute Gasteiger partial charge is 0.464 e. The first kappa shape index (κ1) is 13.8. The van der Waals surface area contributed by atoms with Crippen molar-refractivity contribution in [2.24, 2.45) is 0 Å². The smallest absolute Gasteiger partial charge is 0.125 e. The molecule has 2 aromatic rings. The summed E-state index contributed by atoms with van der Waals surface area (Å²) < 4.78 is 7.95. The molecule has 1 heterocycles. The van der Waals surface area contributed by atoms with Crippen LogP contribution in [0.1, 0.15) is 30.0 Å². The van der Waals surface area contributed by atoms with Gasteiger partial charge in [-0.05, 0) is 36.9 Å². The van der Waals surface area contributed by atoms with Gasteiger partial charge in [-0.1, -0.05) is 44.8 Å². The number of furan rings is 1. The molecule has 2 rings (SSSR count). The molecule has 0 saturated carbocycles. The maximum atomic E-state index is 5.83. The Balaban J connectivity index is 2.38. The first-order chi connectivity index (χ1) is 8.65. The minimum Gasteiger partial charge on any atom is -0.464 e. The summed E-state index contributed by atoms with van der Waals surface area (Å²) in [7, 11) is 1.94. The summed E-state index contributed by atoms with van der Waals surface area (Å²) in [5.74, 6) is 1.95. The zero-order chi connectivity index (χ0) is 13.1. The highest BCUT2D eigenvalue weighted by Crippen LogP contribution is 2.31. The van der Waals surface area contributed by atoms with Crippen molar-refractivity contribution in [1.29, 1.82) is 0 Å². The van der Waals surface area contributed by atoms with E-state index in [2.05, 4.69) is 50.2 Å². The Morgan fingerprint density at radius 1 is 1.22 bits per heavy atom. The van der Waals surface area contributed by atoms with Gasteiger partial charge in [0.05, 0.1) is 6.04 Å². The van der Waals surface area contributed by atoms with E-state index in [9.17, 15) is 0 Å². The number of hydrogen-bond donors (Lipinski definition) is 1. The van der Waals surface area contributed by atoms with Crippen LogP contribution in [-0.2, 0) is 6.42 Å². The predicted molar refractivity (Wildman–Crippen MR) is 80.8 cm³/mol. The van der Waals surface area contributed by atoms with Crippen LogP contribution in [0, 0.1) is 0 Å². The van der Waals surface area contributed by atoms with Crippen molar-refractivity contribution in [3.05, 3.63) is 56.4 Å². The third-order valence-electron chi connectivity index (χ3n) is 2.88. The minimum atomic E-state index is 0.0628. The Morgan fingerprint density at radius 3 is 2.56 bits per heavy atom. The lowest BCUT2D eigenvalue weighted by Crippen LogP contribution is -2.17. The van der Waals surface area contributed by atoms with Gasteiger partial charge in [-0.3, -0.25) is 0 Å². The second-order valence-electron chi connectivity index (χ2n) is 4.05. The van der Waals surface area contributed by atoms with E-state index in [1.165, 1.54) is 0 Å². The molecule has 0 radical (unpaired) electrons. The topological polar surface area (TPSA) is 25.2 Å². The molecule has 0 aliphatic carbocycles. The fraction of sp³-hybridized carbons (Fsp3) is 0.286. The highest BCUT2D eigenvalue weighted by Gasteiger charge is 2.18. The molecule has 0 saturated heterocycles. The van der Waals surface area contributed by atoms with Crippen LogP contribution in [0.15, 0.2) is 43.7 Å². The van der Waals surface area contributed by atoms with E-state index in [1.807, 2.05) is 31.3 Å².